The lowest BCUT2D eigenvalue weighted by Crippen LogP contribution is -2.51. The molecular formula is C16H28IN5OS. The largest absolute Gasteiger partial charge is 0.357 e. The number of aliphatic imine (C=N–C) groups is 1. The number of halogens is 1. The fourth-order valence-electron chi connectivity index (χ4n) is 2.72. The molecule has 1 aliphatic rings. The highest BCUT2D eigenvalue weighted by Crippen LogP contribution is 2.17. The van der Waals surface area contributed by atoms with Crippen molar-refractivity contribution in [1.29, 1.82) is 0 Å². The lowest BCUT2D eigenvalue weighted by molar-refractivity contribution is -0.132. The maximum atomic E-state index is 11.6. The zero-order valence-corrected chi connectivity index (χ0v) is 18.0. The van der Waals surface area contributed by atoms with Crippen LogP contribution in [0.4, 0.5) is 0 Å². The van der Waals surface area contributed by atoms with E-state index >= 15 is 0 Å². The van der Waals surface area contributed by atoms with E-state index in [-0.39, 0.29) is 35.9 Å². The van der Waals surface area contributed by atoms with Crippen molar-refractivity contribution in [1.82, 2.24) is 20.5 Å². The quantitative estimate of drug-likeness (QED) is 0.397. The van der Waals surface area contributed by atoms with E-state index in [0.717, 1.165) is 49.1 Å². The number of carbonyl (C=O) groups excluding carboxylic acids is 1. The van der Waals surface area contributed by atoms with Gasteiger partial charge in [0.05, 0.1) is 10.7 Å². The first-order chi connectivity index (χ1) is 11.0. The summed E-state index contributed by atoms with van der Waals surface area (Å²) in [5.41, 5.74) is 1.12. The lowest BCUT2D eigenvalue weighted by Gasteiger charge is -2.31. The zero-order valence-electron chi connectivity index (χ0n) is 14.9. The van der Waals surface area contributed by atoms with Crippen LogP contribution in [-0.2, 0) is 11.2 Å². The topological polar surface area (TPSA) is 69.6 Å². The van der Waals surface area contributed by atoms with Crippen LogP contribution in [0.15, 0.2) is 4.99 Å². The molecule has 1 aliphatic heterocycles. The van der Waals surface area contributed by atoms with E-state index < -0.39 is 0 Å². The highest BCUT2D eigenvalue weighted by atomic mass is 127. The van der Waals surface area contributed by atoms with Crippen molar-refractivity contribution in [2.75, 3.05) is 26.7 Å². The van der Waals surface area contributed by atoms with Crippen LogP contribution < -0.4 is 10.6 Å². The van der Waals surface area contributed by atoms with Gasteiger partial charge in [0.1, 0.15) is 0 Å². The van der Waals surface area contributed by atoms with Crippen molar-refractivity contribution in [2.45, 2.75) is 46.1 Å². The van der Waals surface area contributed by atoms with E-state index in [1.165, 1.54) is 4.88 Å². The molecule has 1 saturated heterocycles. The molecule has 8 heteroatoms. The first-order valence-electron chi connectivity index (χ1n) is 8.21. The van der Waals surface area contributed by atoms with Crippen molar-refractivity contribution in [3.63, 3.8) is 0 Å². The normalized spacial score (nSPS) is 18.3. The van der Waals surface area contributed by atoms with E-state index in [1.54, 1.807) is 16.2 Å². The number of thiazole rings is 1. The summed E-state index contributed by atoms with van der Waals surface area (Å²) in [7, 11) is 1.86. The van der Waals surface area contributed by atoms with Crippen molar-refractivity contribution in [2.24, 2.45) is 4.99 Å². The molecule has 0 aliphatic carbocycles. The molecule has 0 bridgehead atoms. The summed E-state index contributed by atoms with van der Waals surface area (Å²) in [6.45, 7) is 8.45. The number of aromatic nitrogens is 1. The number of aryl methyl sites for hydroxylation is 2. The number of nitrogens with zero attached hydrogens (tertiary/aromatic N) is 3. The number of hydrogen-bond acceptors (Lipinski definition) is 4. The van der Waals surface area contributed by atoms with Crippen molar-refractivity contribution < 1.29 is 4.79 Å². The Morgan fingerprint density at radius 1 is 1.46 bits per heavy atom. The molecule has 24 heavy (non-hydrogen) atoms. The second-order valence-electron chi connectivity index (χ2n) is 5.91. The molecule has 2 heterocycles. The smallest absolute Gasteiger partial charge is 0.222 e. The standard InChI is InChI=1S/C16H27N5OS.HI/c1-5-17-16(20-13-6-7-15(22)21(4)10-13)18-9-8-14-11(2)19-12(3)23-14;/h13H,5-10H2,1-4H3,(H2,17,18,20);1H. The number of carbonyl (C=O) groups is 1. The number of likely N-dealkylation sites (tertiary alicyclic amines) is 1. The van der Waals surface area contributed by atoms with Crippen LogP contribution in [0.25, 0.3) is 0 Å². The average molecular weight is 465 g/mol. The summed E-state index contributed by atoms with van der Waals surface area (Å²) in [5.74, 6) is 1.06. The van der Waals surface area contributed by atoms with Gasteiger partial charge in [0, 0.05) is 50.4 Å². The number of guanidine groups is 1. The van der Waals surface area contributed by atoms with Gasteiger partial charge in [-0.3, -0.25) is 9.79 Å². The maximum Gasteiger partial charge on any atom is 0.222 e. The van der Waals surface area contributed by atoms with Crippen LogP contribution in [0.2, 0.25) is 0 Å². The van der Waals surface area contributed by atoms with Gasteiger partial charge in [0.2, 0.25) is 5.91 Å². The summed E-state index contributed by atoms with van der Waals surface area (Å²) < 4.78 is 0. The molecule has 0 saturated carbocycles. The van der Waals surface area contributed by atoms with Crippen LogP contribution in [0.1, 0.15) is 35.3 Å². The monoisotopic (exact) mass is 465 g/mol. The molecule has 1 amide bonds. The fraction of sp³-hybridized carbons (Fsp3) is 0.688. The molecule has 1 atom stereocenters. The summed E-state index contributed by atoms with van der Waals surface area (Å²) in [6, 6.07) is 0.267. The number of amides is 1. The molecular weight excluding hydrogens is 437 g/mol. The van der Waals surface area contributed by atoms with E-state index in [2.05, 4.69) is 34.5 Å². The maximum absolute atomic E-state index is 11.6. The van der Waals surface area contributed by atoms with Gasteiger partial charge in [-0.1, -0.05) is 0 Å². The van der Waals surface area contributed by atoms with Gasteiger partial charge in [-0.15, -0.1) is 35.3 Å². The third-order valence-corrected chi connectivity index (χ3v) is 5.05. The molecule has 0 aromatic carbocycles. The van der Waals surface area contributed by atoms with Gasteiger partial charge >= 0.3 is 0 Å². The first kappa shape index (κ1) is 21.1. The van der Waals surface area contributed by atoms with Crippen molar-refractivity contribution in [3.05, 3.63) is 15.6 Å². The second kappa shape index (κ2) is 10.2. The Morgan fingerprint density at radius 2 is 2.21 bits per heavy atom. The molecule has 2 rings (SSSR count). The third-order valence-electron chi connectivity index (χ3n) is 3.92. The summed E-state index contributed by atoms with van der Waals surface area (Å²) in [4.78, 5) is 23.8. The predicted molar refractivity (Wildman–Crippen MR) is 110 cm³/mol. The van der Waals surface area contributed by atoms with Gasteiger partial charge < -0.3 is 15.5 Å². The highest BCUT2D eigenvalue weighted by Gasteiger charge is 2.23. The van der Waals surface area contributed by atoms with Gasteiger partial charge in [0.25, 0.3) is 0 Å². The van der Waals surface area contributed by atoms with Gasteiger partial charge in [-0.05, 0) is 27.2 Å². The Balaban J connectivity index is 0.00000288. The van der Waals surface area contributed by atoms with E-state index in [9.17, 15) is 4.79 Å². The number of piperidine rings is 1. The Bertz CT molecular complexity index is 575. The predicted octanol–water partition coefficient (Wildman–Crippen LogP) is 2.10. The zero-order chi connectivity index (χ0) is 16.8. The van der Waals surface area contributed by atoms with Crippen LogP contribution in [0, 0.1) is 13.8 Å². The minimum absolute atomic E-state index is 0. The lowest BCUT2D eigenvalue weighted by atomic mass is 10.1. The van der Waals surface area contributed by atoms with Crippen molar-refractivity contribution >= 4 is 47.2 Å². The summed E-state index contributed by atoms with van der Waals surface area (Å²) >= 11 is 1.75. The highest BCUT2D eigenvalue weighted by molar-refractivity contribution is 14.0. The Kier molecular flexibility index (Phi) is 8.96. The number of likely N-dealkylation sites (N-methyl/N-ethyl adjacent to an activating group) is 1. The van der Waals surface area contributed by atoms with E-state index in [0.29, 0.717) is 6.42 Å². The van der Waals surface area contributed by atoms with Crippen LogP contribution in [0.5, 0.6) is 0 Å². The van der Waals surface area contributed by atoms with Gasteiger partial charge in [-0.2, -0.15) is 0 Å². The van der Waals surface area contributed by atoms with Crippen LogP contribution in [0.3, 0.4) is 0 Å². The van der Waals surface area contributed by atoms with Crippen LogP contribution in [-0.4, -0.2) is 54.5 Å². The Hall–Kier alpha value is -0.900. The van der Waals surface area contributed by atoms with Gasteiger partial charge in [-0.25, -0.2) is 4.98 Å². The molecule has 1 fully saturated rings. The molecule has 1 aromatic heterocycles. The first-order valence-corrected chi connectivity index (χ1v) is 9.03. The minimum Gasteiger partial charge on any atom is -0.357 e. The van der Waals surface area contributed by atoms with E-state index in [1.807, 2.05) is 14.0 Å². The summed E-state index contributed by atoms with van der Waals surface area (Å²) in [5, 5.41) is 7.84. The minimum atomic E-state index is 0. The average Bonchev–Trinajstić information content (AvgIpc) is 2.81. The third kappa shape index (κ3) is 6.19. The fourth-order valence-corrected chi connectivity index (χ4v) is 3.64. The summed E-state index contributed by atoms with van der Waals surface area (Å²) in [6.07, 6.45) is 2.38. The number of rotatable bonds is 5. The van der Waals surface area contributed by atoms with Crippen LogP contribution >= 0.6 is 35.3 Å². The molecule has 0 radical (unpaired) electrons. The molecule has 1 unspecified atom stereocenters. The number of hydrogen-bond donors (Lipinski definition) is 2. The van der Waals surface area contributed by atoms with E-state index in [4.69, 9.17) is 0 Å². The second-order valence-corrected chi connectivity index (χ2v) is 7.19. The molecule has 6 nitrogen and oxygen atoms in total. The SMILES string of the molecule is CCNC(=NCCc1sc(C)nc1C)NC1CCC(=O)N(C)C1.I. The molecule has 1 aromatic rings. The molecule has 0 spiro atoms. The molecule has 2 N–H and O–H groups in total. The van der Waals surface area contributed by atoms with Crippen molar-refractivity contribution in [3.8, 4) is 0 Å². The Morgan fingerprint density at radius 3 is 2.79 bits per heavy atom. The Labute approximate surface area is 165 Å². The molecule has 136 valence electrons. The van der Waals surface area contributed by atoms with Gasteiger partial charge in [0.15, 0.2) is 5.96 Å². The number of nitrogens with one attached hydrogen (secondary N) is 2.